The number of amides is 2. The maximum absolute atomic E-state index is 10.7. The number of hydrogen-bond acceptors (Lipinski definition) is 6. The van der Waals surface area contributed by atoms with Gasteiger partial charge in [0.2, 0.25) is 20.4 Å². The van der Waals surface area contributed by atoms with E-state index in [2.05, 4.69) is 36.3 Å². The van der Waals surface area contributed by atoms with E-state index in [1.54, 1.807) is 9.80 Å². The molecular weight excluding hydrogens is 679 g/mol. The highest BCUT2D eigenvalue weighted by Gasteiger charge is 2.42. The highest BCUT2D eigenvalue weighted by Crippen LogP contribution is 2.35. The molecule has 43 heavy (non-hydrogen) atoms. The molecule has 14 heteroatoms. The number of nitrogens with zero attached hydrogens (tertiary/aromatic N) is 3. The number of ether oxygens (including phenoxy) is 1. The summed E-state index contributed by atoms with van der Waals surface area (Å²) in [4.78, 5) is 27.5. The van der Waals surface area contributed by atoms with E-state index in [0.29, 0.717) is 51.2 Å². The molecule has 254 valence electrons. The molecule has 0 aromatic carbocycles. The van der Waals surface area contributed by atoms with Gasteiger partial charge >= 0.3 is 0 Å². The SMILES string of the molecule is CCCCCCCCCCCCCN1CC(C)OC(C)C1.O=CNC(N1CCN(C(NC=O)C(Cl)(Cl)Cl)CC1)C(Cl)(Cl)Cl. The number of carbonyl (C=O) groups is 2. The van der Waals surface area contributed by atoms with Gasteiger partial charge in [-0.15, -0.1) is 0 Å². The van der Waals surface area contributed by atoms with Gasteiger partial charge in [-0.25, -0.2) is 0 Å². The summed E-state index contributed by atoms with van der Waals surface area (Å²) >= 11 is 35.2. The van der Waals surface area contributed by atoms with Crippen molar-refractivity contribution in [1.29, 1.82) is 0 Å². The summed E-state index contributed by atoms with van der Waals surface area (Å²) in [6.45, 7) is 12.0. The maximum atomic E-state index is 10.7. The number of halogens is 6. The maximum Gasteiger partial charge on any atom is 0.223 e. The third kappa shape index (κ3) is 18.4. The first-order valence-electron chi connectivity index (χ1n) is 15.7. The Hall–Kier alpha value is 0.520. The Labute approximate surface area is 290 Å². The van der Waals surface area contributed by atoms with Crippen molar-refractivity contribution in [3.63, 3.8) is 0 Å². The Bertz CT molecular complexity index is 692. The Balaban J connectivity index is 0.000000430. The summed E-state index contributed by atoms with van der Waals surface area (Å²) in [6, 6.07) is 0. The zero-order valence-corrected chi connectivity index (χ0v) is 30.6. The average molecular weight is 732 g/mol. The van der Waals surface area contributed by atoms with Crippen LogP contribution in [-0.2, 0) is 14.3 Å². The molecule has 0 aromatic rings. The van der Waals surface area contributed by atoms with Crippen LogP contribution in [0.4, 0.5) is 0 Å². The molecule has 2 fully saturated rings. The van der Waals surface area contributed by atoms with E-state index in [9.17, 15) is 9.59 Å². The summed E-state index contributed by atoms with van der Waals surface area (Å²) in [5.74, 6) is 0. The van der Waals surface area contributed by atoms with E-state index in [4.69, 9.17) is 74.3 Å². The van der Waals surface area contributed by atoms with Gasteiger partial charge in [-0.05, 0) is 26.8 Å². The van der Waals surface area contributed by atoms with Gasteiger partial charge < -0.3 is 15.4 Å². The molecule has 2 aliphatic rings. The predicted octanol–water partition coefficient (Wildman–Crippen LogP) is 6.90. The fourth-order valence-corrected chi connectivity index (χ4v) is 6.87. The monoisotopic (exact) mass is 729 g/mol. The minimum absolute atomic E-state index is 0.418. The van der Waals surface area contributed by atoms with Crippen molar-refractivity contribution < 1.29 is 14.3 Å². The molecule has 0 spiro atoms. The lowest BCUT2D eigenvalue weighted by atomic mass is 10.1. The molecule has 2 amide bonds. The molecule has 2 rings (SSSR count). The number of piperazine rings is 1. The van der Waals surface area contributed by atoms with E-state index in [0.717, 1.165) is 13.1 Å². The van der Waals surface area contributed by atoms with Crippen molar-refractivity contribution in [3.05, 3.63) is 0 Å². The van der Waals surface area contributed by atoms with Gasteiger partial charge in [0.05, 0.1) is 12.2 Å². The molecule has 2 heterocycles. The van der Waals surface area contributed by atoms with Crippen LogP contribution < -0.4 is 10.6 Å². The van der Waals surface area contributed by atoms with Gasteiger partial charge in [-0.2, -0.15) is 0 Å². The summed E-state index contributed by atoms with van der Waals surface area (Å²) in [6.07, 6.45) is 16.0. The zero-order chi connectivity index (χ0) is 32.3. The van der Waals surface area contributed by atoms with Gasteiger partial charge in [0.1, 0.15) is 12.3 Å². The first-order valence-corrected chi connectivity index (χ1v) is 18.0. The van der Waals surface area contributed by atoms with Crippen molar-refractivity contribution in [2.45, 2.75) is 124 Å². The lowest BCUT2D eigenvalue weighted by Crippen LogP contribution is -2.63. The van der Waals surface area contributed by atoms with E-state index >= 15 is 0 Å². The van der Waals surface area contributed by atoms with Crippen LogP contribution in [0.25, 0.3) is 0 Å². The Morgan fingerprint density at radius 1 is 0.674 bits per heavy atom. The fourth-order valence-electron chi connectivity index (χ4n) is 5.66. The van der Waals surface area contributed by atoms with E-state index < -0.39 is 19.9 Å². The molecule has 8 nitrogen and oxygen atoms in total. The van der Waals surface area contributed by atoms with Crippen LogP contribution in [0, 0.1) is 0 Å². The van der Waals surface area contributed by atoms with E-state index in [-0.39, 0.29) is 0 Å². The largest absolute Gasteiger partial charge is 0.373 e. The van der Waals surface area contributed by atoms with Crippen molar-refractivity contribution >= 4 is 82.4 Å². The quantitative estimate of drug-likeness (QED) is 0.0909. The van der Waals surface area contributed by atoms with Gasteiger partial charge in [-0.3, -0.25) is 24.3 Å². The Kier molecular flexibility index (Phi) is 22.2. The van der Waals surface area contributed by atoms with Crippen LogP contribution in [-0.4, -0.2) is 105 Å². The van der Waals surface area contributed by atoms with Crippen molar-refractivity contribution in [1.82, 2.24) is 25.3 Å². The van der Waals surface area contributed by atoms with Crippen molar-refractivity contribution in [2.75, 3.05) is 45.8 Å². The minimum Gasteiger partial charge on any atom is -0.373 e. The minimum atomic E-state index is -1.68. The highest BCUT2D eigenvalue weighted by atomic mass is 35.6. The predicted molar refractivity (Wildman–Crippen MR) is 183 cm³/mol. The molecule has 2 saturated heterocycles. The molecular formula is C29H53Cl6N5O3. The molecule has 0 radical (unpaired) electrons. The van der Waals surface area contributed by atoms with Crippen molar-refractivity contribution in [3.8, 4) is 0 Å². The normalized spacial score (nSPS) is 22.3. The van der Waals surface area contributed by atoms with E-state index in [1.165, 1.54) is 77.2 Å². The number of unbranched alkanes of at least 4 members (excludes halogenated alkanes) is 10. The topological polar surface area (TPSA) is 77.2 Å². The molecule has 2 N–H and O–H groups in total. The summed E-state index contributed by atoms with van der Waals surface area (Å²) in [5.41, 5.74) is 0. The molecule has 0 saturated carbocycles. The third-order valence-corrected chi connectivity index (χ3v) is 8.96. The first kappa shape index (κ1) is 41.5. The number of hydrogen-bond donors (Lipinski definition) is 2. The lowest BCUT2D eigenvalue weighted by Gasteiger charge is -2.44. The Morgan fingerprint density at radius 2 is 1.02 bits per heavy atom. The number of alkyl halides is 6. The zero-order valence-electron chi connectivity index (χ0n) is 26.0. The van der Waals surface area contributed by atoms with Crippen LogP contribution in [0.15, 0.2) is 0 Å². The first-order chi connectivity index (χ1) is 20.3. The van der Waals surface area contributed by atoms with Crippen LogP contribution >= 0.6 is 69.6 Å². The van der Waals surface area contributed by atoms with Crippen LogP contribution in [0.3, 0.4) is 0 Å². The smallest absolute Gasteiger partial charge is 0.223 e. The second kappa shape index (κ2) is 22.9. The Morgan fingerprint density at radius 3 is 1.35 bits per heavy atom. The molecule has 0 aliphatic carbocycles. The number of rotatable bonds is 18. The van der Waals surface area contributed by atoms with E-state index in [1.807, 2.05) is 0 Å². The molecule has 4 atom stereocenters. The highest BCUT2D eigenvalue weighted by molar-refractivity contribution is 6.68. The fraction of sp³-hybridized carbons (Fsp3) is 0.931. The average Bonchev–Trinajstić information content (AvgIpc) is 2.92. The van der Waals surface area contributed by atoms with Gasteiger partial charge in [-0.1, -0.05) is 141 Å². The molecule has 0 aromatic heterocycles. The second-order valence-corrected chi connectivity index (χ2v) is 16.3. The van der Waals surface area contributed by atoms with Crippen LogP contribution in [0.5, 0.6) is 0 Å². The van der Waals surface area contributed by atoms with Gasteiger partial charge in [0.25, 0.3) is 0 Å². The molecule has 2 aliphatic heterocycles. The third-order valence-electron chi connectivity index (χ3n) is 7.72. The number of nitrogens with one attached hydrogen (secondary N) is 2. The molecule has 4 unspecified atom stereocenters. The number of carbonyl (C=O) groups excluding carboxylic acids is 2. The summed E-state index contributed by atoms with van der Waals surface area (Å²) < 4.78 is 2.42. The van der Waals surface area contributed by atoms with Crippen LogP contribution in [0.1, 0.15) is 91.4 Å². The second-order valence-electron chi connectivity index (χ2n) is 11.6. The standard InChI is InChI=1S/C19H39NO.C10H14Cl6N4O2/c1-4-5-6-7-8-9-10-11-12-13-14-15-20-16-18(2)21-19(3)17-20;11-9(12,13)7(17-5-21)19-1-2-20(4-3-19)8(18-6-22)10(14,15)16/h18-19H,4-17H2,1-3H3;5-8H,1-4H2,(H,17,21)(H,18,22). The summed E-state index contributed by atoms with van der Waals surface area (Å²) in [5, 5.41) is 4.95. The van der Waals surface area contributed by atoms with Crippen LogP contribution in [0.2, 0.25) is 0 Å². The summed E-state index contributed by atoms with van der Waals surface area (Å²) in [7, 11) is 0. The van der Waals surface area contributed by atoms with Gasteiger partial charge in [0, 0.05) is 39.3 Å². The number of morpholine rings is 1. The molecule has 0 bridgehead atoms. The lowest BCUT2D eigenvalue weighted by molar-refractivity contribution is -0.113. The van der Waals surface area contributed by atoms with Crippen molar-refractivity contribution in [2.24, 2.45) is 0 Å². The van der Waals surface area contributed by atoms with Gasteiger partial charge in [0.15, 0.2) is 0 Å².